The summed E-state index contributed by atoms with van der Waals surface area (Å²) in [5.74, 6) is 0.0530. The van der Waals surface area contributed by atoms with E-state index in [9.17, 15) is 13.2 Å². The van der Waals surface area contributed by atoms with Gasteiger partial charge in [0.2, 0.25) is 10.0 Å². The van der Waals surface area contributed by atoms with Crippen molar-refractivity contribution in [3.63, 3.8) is 0 Å². The number of hydrogen-bond acceptors (Lipinski definition) is 4. The molecule has 1 aromatic heterocycles. The number of pyridine rings is 1. The highest BCUT2D eigenvalue weighted by Crippen LogP contribution is 2.23. The molecule has 6 nitrogen and oxygen atoms in total. The van der Waals surface area contributed by atoms with Gasteiger partial charge in [-0.2, -0.15) is 4.31 Å². The van der Waals surface area contributed by atoms with E-state index in [0.29, 0.717) is 30.2 Å². The lowest BCUT2D eigenvalue weighted by Crippen LogP contribution is -2.41. The summed E-state index contributed by atoms with van der Waals surface area (Å²) in [6.45, 7) is 1.44. The Kier molecular flexibility index (Phi) is 5.60. The lowest BCUT2D eigenvalue weighted by atomic mass is 9.98. The van der Waals surface area contributed by atoms with Crippen LogP contribution in [0.4, 0.5) is 0 Å². The second-order valence-electron chi connectivity index (χ2n) is 7.25. The van der Waals surface area contributed by atoms with Crippen molar-refractivity contribution in [2.75, 3.05) is 19.6 Å². The van der Waals surface area contributed by atoms with Crippen LogP contribution < -0.4 is 5.32 Å². The second kappa shape index (κ2) is 8.31. The Morgan fingerprint density at radius 3 is 2.45 bits per heavy atom. The molecule has 3 aromatic rings. The predicted octanol–water partition coefficient (Wildman–Crippen LogP) is 3.07. The summed E-state index contributed by atoms with van der Waals surface area (Å²) in [7, 11) is -3.45. The van der Waals surface area contributed by atoms with Crippen molar-refractivity contribution in [1.29, 1.82) is 0 Å². The van der Waals surface area contributed by atoms with Gasteiger partial charge in [0.1, 0.15) is 5.69 Å². The van der Waals surface area contributed by atoms with Crippen LogP contribution in [0.5, 0.6) is 0 Å². The highest BCUT2D eigenvalue weighted by molar-refractivity contribution is 7.89. The van der Waals surface area contributed by atoms with Gasteiger partial charge >= 0.3 is 0 Å². The lowest BCUT2D eigenvalue weighted by Gasteiger charge is -2.31. The van der Waals surface area contributed by atoms with Crippen molar-refractivity contribution in [1.82, 2.24) is 14.6 Å². The van der Waals surface area contributed by atoms with Gasteiger partial charge in [0, 0.05) is 31.2 Å². The summed E-state index contributed by atoms with van der Waals surface area (Å²) >= 11 is 0. The highest BCUT2D eigenvalue weighted by Gasteiger charge is 2.29. The van der Waals surface area contributed by atoms with Crippen molar-refractivity contribution in [3.05, 3.63) is 72.6 Å². The number of sulfonamides is 1. The minimum Gasteiger partial charge on any atom is -0.350 e. The van der Waals surface area contributed by atoms with E-state index in [1.807, 2.05) is 30.3 Å². The highest BCUT2D eigenvalue weighted by atomic mass is 32.2. The third-order valence-corrected chi connectivity index (χ3v) is 7.31. The minimum atomic E-state index is -3.45. The Labute approximate surface area is 170 Å². The molecule has 1 fully saturated rings. The second-order valence-corrected chi connectivity index (χ2v) is 9.19. The average molecular weight is 410 g/mol. The first kappa shape index (κ1) is 19.5. The molecule has 0 unspecified atom stereocenters. The van der Waals surface area contributed by atoms with E-state index in [2.05, 4.69) is 10.3 Å². The maximum absolute atomic E-state index is 12.7. The van der Waals surface area contributed by atoms with Gasteiger partial charge in [-0.1, -0.05) is 42.5 Å². The number of aromatic nitrogens is 1. The summed E-state index contributed by atoms with van der Waals surface area (Å²) in [5.41, 5.74) is 0.423. The molecule has 2 heterocycles. The van der Waals surface area contributed by atoms with Crippen LogP contribution in [0.1, 0.15) is 23.3 Å². The number of amides is 1. The van der Waals surface area contributed by atoms with Crippen molar-refractivity contribution < 1.29 is 13.2 Å². The first-order valence-corrected chi connectivity index (χ1v) is 11.2. The molecule has 4 rings (SSSR count). The van der Waals surface area contributed by atoms with Crippen LogP contribution in [0.15, 0.2) is 71.8 Å². The van der Waals surface area contributed by atoms with Gasteiger partial charge in [-0.15, -0.1) is 0 Å². The van der Waals surface area contributed by atoms with Gasteiger partial charge < -0.3 is 5.32 Å². The summed E-state index contributed by atoms with van der Waals surface area (Å²) < 4.78 is 27.0. The molecule has 0 saturated carbocycles. The molecule has 29 heavy (non-hydrogen) atoms. The monoisotopic (exact) mass is 409 g/mol. The quantitative estimate of drug-likeness (QED) is 0.702. The molecule has 1 amide bonds. The molecule has 2 aromatic carbocycles. The van der Waals surface area contributed by atoms with Crippen LogP contribution in [-0.4, -0.2) is 43.2 Å². The number of nitrogens with zero attached hydrogens (tertiary/aromatic N) is 2. The molecular weight excluding hydrogens is 386 g/mol. The summed E-state index contributed by atoms with van der Waals surface area (Å²) in [6, 6.07) is 18.1. The van der Waals surface area contributed by atoms with E-state index in [1.165, 1.54) is 4.31 Å². The molecule has 1 N–H and O–H groups in total. The van der Waals surface area contributed by atoms with Crippen LogP contribution in [0.3, 0.4) is 0 Å². The van der Waals surface area contributed by atoms with Crippen LogP contribution in [0.2, 0.25) is 0 Å². The number of rotatable bonds is 5. The van der Waals surface area contributed by atoms with Crippen LogP contribution in [0.25, 0.3) is 10.8 Å². The molecular formula is C22H23N3O3S. The fraction of sp³-hybridized carbons (Fsp3) is 0.273. The molecule has 7 heteroatoms. The first-order chi connectivity index (χ1) is 14.1. The Hall–Kier alpha value is -2.77. The van der Waals surface area contributed by atoms with Gasteiger partial charge in [0.15, 0.2) is 0 Å². The summed E-state index contributed by atoms with van der Waals surface area (Å²) in [5, 5.41) is 4.79. The number of benzene rings is 2. The van der Waals surface area contributed by atoms with E-state index in [1.54, 1.807) is 36.5 Å². The Bertz CT molecular complexity index is 1100. The lowest BCUT2D eigenvalue weighted by molar-refractivity contribution is 0.0938. The molecule has 0 radical (unpaired) electrons. The maximum atomic E-state index is 12.7. The number of carbonyl (C=O) groups is 1. The van der Waals surface area contributed by atoms with Crippen LogP contribution >= 0.6 is 0 Å². The normalized spacial score (nSPS) is 16.0. The number of fused-ring (bicyclic) bond motifs is 1. The molecule has 1 saturated heterocycles. The molecule has 1 aliphatic rings. The molecule has 150 valence electrons. The largest absolute Gasteiger partial charge is 0.350 e. The third kappa shape index (κ3) is 4.16. The Morgan fingerprint density at radius 1 is 1.00 bits per heavy atom. The topological polar surface area (TPSA) is 79.4 Å². The zero-order valence-corrected chi connectivity index (χ0v) is 16.8. The van der Waals surface area contributed by atoms with Gasteiger partial charge in [0.25, 0.3) is 5.91 Å². The zero-order valence-electron chi connectivity index (χ0n) is 16.0. The van der Waals surface area contributed by atoms with Crippen molar-refractivity contribution >= 4 is 26.7 Å². The standard InChI is InChI=1S/C22H23N3O3S/c26-22(21-20-9-5-4-6-18(20)10-13-23-21)24-16-17-11-14-25(15-12-17)29(27,28)19-7-2-1-3-8-19/h1-10,13,17H,11-12,14-16H2,(H,24,26). The first-order valence-electron chi connectivity index (χ1n) is 9.73. The molecule has 0 bridgehead atoms. The van der Waals surface area contributed by atoms with Crippen molar-refractivity contribution in [2.45, 2.75) is 17.7 Å². The summed E-state index contributed by atoms with van der Waals surface area (Å²) in [4.78, 5) is 17.2. The van der Waals surface area contributed by atoms with Crippen LogP contribution in [0, 0.1) is 5.92 Å². The van der Waals surface area contributed by atoms with Gasteiger partial charge in [-0.3, -0.25) is 9.78 Å². The smallest absolute Gasteiger partial charge is 0.270 e. The van der Waals surface area contributed by atoms with Gasteiger partial charge in [-0.25, -0.2) is 8.42 Å². The van der Waals surface area contributed by atoms with Crippen molar-refractivity contribution in [3.8, 4) is 0 Å². The minimum absolute atomic E-state index is 0.193. The number of nitrogens with one attached hydrogen (secondary N) is 1. The van der Waals surface area contributed by atoms with E-state index >= 15 is 0 Å². The fourth-order valence-electron chi connectivity index (χ4n) is 3.72. The van der Waals surface area contributed by atoms with E-state index in [4.69, 9.17) is 0 Å². The maximum Gasteiger partial charge on any atom is 0.270 e. The molecule has 0 spiro atoms. The number of hydrogen-bond donors (Lipinski definition) is 1. The van der Waals surface area contributed by atoms with Gasteiger partial charge in [-0.05, 0) is 42.3 Å². The summed E-state index contributed by atoms with van der Waals surface area (Å²) in [6.07, 6.45) is 3.08. The fourth-order valence-corrected chi connectivity index (χ4v) is 5.21. The SMILES string of the molecule is O=C(NCC1CCN(S(=O)(=O)c2ccccc2)CC1)c1nccc2ccccc12. The third-order valence-electron chi connectivity index (χ3n) is 5.39. The van der Waals surface area contributed by atoms with E-state index in [0.717, 1.165) is 23.6 Å². The van der Waals surface area contributed by atoms with Crippen LogP contribution in [-0.2, 0) is 10.0 Å². The molecule has 0 atom stereocenters. The van der Waals surface area contributed by atoms with Gasteiger partial charge in [0.05, 0.1) is 4.90 Å². The zero-order chi connectivity index (χ0) is 20.3. The molecule has 1 aliphatic heterocycles. The Balaban J connectivity index is 1.35. The number of piperidine rings is 1. The molecule has 0 aliphatic carbocycles. The Morgan fingerprint density at radius 2 is 1.69 bits per heavy atom. The van der Waals surface area contributed by atoms with Crippen molar-refractivity contribution in [2.24, 2.45) is 5.92 Å². The predicted molar refractivity (Wildman–Crippen MR) is 112 cm³/mol. The van der Waals surface area contributed by atoms with E-state index < -0.39 is 10.0 Å². The number of carbonyl (C=O) groups excluding carboxylic acids is 1. The van der Waals surface area contributed by atoms with E-state index in [-0.39, 0.29) is 11.8 Å². The average Bonchev–Trinajstić information content (AvgIpc) is 2.78.